The van der Waals surface area contributed by atoms with Crippen LogP contribution in [0.4, 0.5) is 11.4 Å². The molecule has 0 fully saturated rings. The molecule has 224 valence electrons. The molecule has 0 radical (unpaired) electrons. The van der Waals surface area contributed by atoms with E-state index in [2.05, 4.69) is 87.4 Å². The lowest BCUT2D eigenvalue weighted by molar-refractivity contribution is -0.438. The van der Waals surface area contributed by atoms with E-state index in [0.29, 0.717) is 6.42 Å². The number of nitrogens with zero attached hydrogens (tertiary/aromatic N) is 2. The summed E-state index contributed by atoms with van der Waals surface area (Å²) in [6.07, 6.45) is 13.0. The molecule has 0 aromatic heterocycles. The zero-order chi connectivity index (χ0) is 30.9. The van der Waals surface area contributed by atoms with Gasteiger partial charge in [0.15, 0.2) is 5.71 Å². The Morgan fingerprint density at radius 3 is 2.36 bits per heavy atom. The van der Waals surface area contributed by atoms with Gasteiger partial charge in [-0.25, -0.2) is 0 Å². The second-order valence-corrected chi connectivity index (χ2v) is 13.6. The molecule has 2 aliphatic rings. The van der Waals surface area contributed by atoms with E-state index in [9.17, 15) is 17.8 Å². The summed E-state index contributed by atoms with van der Waals surface area (Å²) in [7, 11) is -4.29. The Morgan fingerprint density at radius 1 is 0.952 bits per heavy atom. The molecule has 0 saturated heterocycles. The molecule has 8 heteroatoms. The fourth-order valence-electron chi connectivity index (χ4n) is 6.27. The number of anilines is 1. The highest BCUT2D eigenvalue weighted by atomic mass is 32.2. The predicted molar refractivity (Wildman–Crippen MR) is 169 cm³/mol. The van der Waals surface area contributed by atoms with Crippen molar-refractivity contribution in [2.24, 2.45) is 0 Å². The lowest BCUT2D eigenvalue weighted by Gasteiger charge is -2.25. The van der Waals surface area contributed by atoms with Gasteiger partial charge in [0.1, 0.15) is 6.54 Å². The quantitative estimate of drug-likeness (QED) is 0.125. The van der Waals surface area contributed by atoms with Crippen LogP contribution in [0.3, 0.4) is 0 Å². The SMILES string of the molecule is CCN1C(=CC=CC=CC2=[N+](CCCCCC(=O)O)c3ccc(C)cc3C2(C)C)C(C)(C)c2cc(S(=O)(=O)O)ccc21. The molecule has 0 atom stereocenters. The van der Waals surface area contributed by atoms with Crippen molar-refractivity contribution in [3.8, 4) is 0 Å². The Balaban J connectivity index is 1.60. The number of hydrogen-bond acceptors (Lipinski definition) is 4. The van der Waals surface area contributed by atoms with E-state index < -0.39 is 21.5 Å². The lowest BCUT2D eigenvalue weighted by Crippen LogP contribution is -2.28. The molecule has 2 heterocycles. The van der Waals surface area contributed by atoms with E-state index in [-0.39, 0.29) is 16.7 Å². The highest BCUT2D eigenvalue weighted by molar-refractivity contribution is 7.85. The summed E-state index contributed by atoms with van der Waals surface area (Å²) < 4.78 is 35.5. The van der Waals surface area contributed by atoms with E-state index in [1.54, 1.807) is 12.1 Å². The summed E-state index contributed by atoms with van der Waals surface area (Å²) in [6.45, 7) is 14.4. The second kappa shape index (κ2) is 12.0. The summed E-state index contributed by atoms with van der Waals surface area (Å²) in [5, 5.41) is 8.98. The molecule has 7 nitrogen and oxygen atoms in total. The molecule has 0 amide bonds. The number of allylic oxidation sites excluding steroid dienone is 6. The van der Waals surface area contributed by atoms with Gasteiger partial charge in [0.2, 0.25) is 5.69 Å². The Morgan fingerprint density at radius 2 is 1.69 bits per heavy atom. The summed E-state index contributed by atoms with van der Waals surface area (Å²) in [6, 6.07) is 11.4. The van der Waals surface area contributed by atoms with Crippen LogP contribution in [-0.2, 0) is 25.7 Å². The average molecular weight is 592 g/mol. The van der Waals surface area contributed by atoms with Gasteiger partial charge in [-0.3, -0.25) is 9.35 Å². The smallest absolute Gasteiger partial charge is 0.303 e. The molecule has 2 aromatic rings. The molecule has 0 unspecified atom stereocenters. The lowest BCUT2D eigenvalue weighted by atomic mass is 9.81. The van der Waals surface area contributed by atoms with Gasteiger partial charge in [0, 0.05) is 53.9 Å². The van der Waals surface area contributed by atoms with Crippen molar-refractivity contribution in [3.63, 3.8) is 0 Å². The number of carboxylic acid groups (broad SMARTS) is 1. The largest absolute Gasteiger partial charge is 0.481 e. The fraction of sp³-hybridized carbons (Fsp3) is 0.412. The van der Waals surface area contributed by atoms with Gasteiger partial charge in [-0.2, -0.15) is 13.0 Å². The second-order valence-electron chi connectivity index (χ2n) is 12.2. The molecule has 0 bridgehead atoms. The Bertz CT molecular complexity index is 1610. The average Bonchev–Trinajstić information content (AvgIpc) is 3.25. The highest BCUT2D eigenvalue weighted by Crippen LogP contribution is 2.48. The van der Waals surface area contributed by atoms with Crippen molar-refractivity contribution in [1.29, 1.82) is 0 Å². The van der Waals surface area contributed by atoms with Crippen LogP contribution < -0.4 is 4.90 Å². The molecule has 2 aromatic carbocycles. The molecular formula is C34H43N2O5S+. The number of carboxylic acids is 1. The third-order valence-electron chi connectivity index (χ3n) is 8.53. The minimum Gasteiger partial charge on any atom is -0.481 e. The maximum atomic E-state index is 11.8. The summed E-state index contributed by atoms with van der Waals surface area (Å²) in [5.41, 5.74) is 7.19. The van der Waals surface area contributed by atoms with Gasteiger partial charge < -0.3 is 10.0 Å². The van der Waals surface area contributed by atoms with Crippen LogP contribution in [0.25, 0.3) is 0 Å². The Labute approximate surface area is 250 Å². The molecular weight excluding hydrogens is 548 g/mol. The van der Waals surface area contributed by atoms with Crippen molar-refractivity contribution in [1.82, 2.24) is 0 Å². The first kappa shape index (κ1) is 31.4. The van der Waals surface area contributed by atoms with E-state index in [1.807, 2.05) is 12.2 Å². The standard InChI is InChI=1S/C34H42N2O5S/c1-7-35-28-20-18-25(42(39,40)41)23-27(28)34(5,6)30(35)14-10-8-11-15-31-33(3,4)26-22-24(2)17-19-29(26)36(31)21-13-9-12-16-32(37)38/h8,10-11,14-15,17-20,22-23H,7,9,12-13,16,21H2,1-6H3,(H-,37,38,39,40,41)/p+1. The van der Waals surface area contributed by atoms with Gasteiger partial charge >= 0.3 is 5.97 Å². The van der Waals surface area contributed by atoms with Gasteiger partial charge in [-0.05, 0) is 76.4 Å². The monoisotopic (exact) mass is 591 g/mol. The first-order chi connectivity index (χ1) is 19.7. The molecule has 0 spiro atoms. The molecule has 0 aliphatic carbocycles. The maximum absolute atomic E-state index is 11.8. The van der Waals surface area contributed by atoms with Gasteiger partial charge in [-0.15, -0.1) is 0 Å². The first-order valence-electron chi connectivity index (χ1n) is 14.6. The topological polar surface area (TPSA) is 97.9 Å². The van der Waals surface area contributed by atoms with Gasteiger partial charge in [-0.1, -0.05) is 43.7 Å². The van der Waals surface area contributed by atoms with Crippen molar-refractivity contribution in [3.05, 3.63) is 89.2 Å². The third-order valence-corrected chi connectivity index (χ3v) is 9.38. The van der Waals surface area contributed by atoms with Crippen LogP contribution in [0.1, 0.15) is 77.0 Å². The Kier molecular flexibility index (Phi) is 9.00. The summed E-state index contributed by atoms with van der Waals surface area (Å²) in [5.74, 6) is -0.746. The minimum atomic E-state index is -4.29. The number of rotatable bonds is 11. The number of aliphatic carboxylic acids is 1. The Hall–Kier alpha value is -3.49. The van der Waals surface area contributed by atoms with E-state index in [4.69, 9.17) is 5.11 Å². The van der Waals surface area contributed by atoms with Crippen LogP contribution in [-0.4, -0.2) is 47.4 Å². The number of aryl methyl sites for hydroxylation is 1. The number of carbonyl (C=O) groups is 1. The first-order valence-corrected chi connectivity index (χ1v) is 16.1. The van der Waals surface area contributed by atoms with E-state index in [1.165, 1.54) is 28.6 Å². The maximum Gasteiger partial charge on any atom is 0.303 e. The number of hydrogen-bond donors (Lipinski definition) is 2. The van der Waals surface area contributed by atoms with Gasteiger partial charge in [0.25, 0.3) is 10.1 Å². The molecule has 0 saturated carbocycles. The molecule has 2 aliphatic heterocycles. The summed E-state index contributed by atoms with van der Waals surface area (Å²) in [4.78, 5) is 13.0. The molecule has 4 rings (SSSR count). The summed E-state index contributed by atoms with van der Waals surface area (Å²) >= 11 is 0. The fourth-order valence-corrected chi connectivity index (χ4v) is 6.77. The zero-order valence-electron chi connectivity index (χ0n) is 25.5. The number of unbranched alkanes of at least 4 members (excludes halogenated alkanes) is 2. The minimum absolute atomic E-state index is 0.0936. The van der Waals surface area contributed by atoms with E-state index in [0.717, 1.165) is 42.9 Å². The van der Waals surface area contributed by atoms with Crippen LogP contribution in [0, 0.1) is 6.92 Å². The molecule has 42 heavy (non-hydrogen) atoms. The normalized spacial score (nSPS) is 18.5. The highest BCUT2D eigenvalue weighted by Gasteiger charge is 2.44. The van der Waals surface area contributed by atoms with Crippen molar-refractivity contribution >= 4 is 33.2 Å². The van der Waals surface area contributed by atoms with E-state index >= 15 is 0 Å². The van der Waals surface area contributed by atoms with Crippen molar-refractivity contribution < 1.29 is 27.4 Å². The third kappa shape index (κ3) is 6.15. The van der Waals surface area contributed by atoms with Gasteiger partial charge in [0.05, 0.1) is 10.3 Å². The van der Waals surface area contributed by atoms with Crippen molar-refractivity contribution in [2.45, 2.75) is 83.0 Å². The van der Waals surface area contributed by atoms with Crippen LogP contribution >= 0.6 is 0 Å². The number of benzene rings is 2. The van der Waals surface area contributed by atoms with Crippen LogP contribution in [0.2, 0.25) is 0 Å². The van der Waals surface area contributed by atoms with Crippen LogP contribution in [0.5, 0.6) is 0 Å². The van der Waals surface area contributed by atoms with Crippen LogP contribution in [0.15, 0.2) is 77.4 Å². The predicted octanol–water partition coefficient (Wildman–Crippen LogP) is 7.08. The number of likely N-dealkylation sites (N-methyl/N-ethyl adjacent to an activating group) is 1. The zero-order valence-corrected chi connectivity index (χ0v) is 26.3. The molecule has 2 N–H and O–H groups in total. The van der Waals surface area contributed by atoms with Crippen molar-refractivity contribution in [2.75, 3.05) is 18.0 Å². The number of fused-ring (bicyclic) bond motifs is 2.